The van der Waals surface area contributed by atoms with Crippen molar-refractivity contribution in [2.75, 3.05) is 13.1 Å². The van der Waals surface area contributed by atoms with Gasteiger partial charge >= 0.3 is 0 Å². The number of aromatic nitrogens is 2. The number of rotatable bonds is 3. The van der Waals surface area contributed by atoms with Crippen molar-refractivity contribution in [3.05, 3.63) is 18.2 Å². The maximum atomic E-state index is 13.1. The average molecular weight is 358 g/mol. The Morgan fingerprint density at radius 1 is 1.15 bits per heavy atom. The predicted molar refractivity (Wildman–Crippen MR) is 98.7 cm³/mol. The largest absolute Gasteiger partial charge is 0.333 e. The summed E-state index contributed by atoms with van der Waals surface area (Å²) in [4.78, 5) is 34.4. The normalized spacial score (nSPS) is 31.1. The first-order chi connectivity index (χ1) is 12.5. The van der Waals surface area contributed by atoms with Crippen molar-refractivity contribution in [2.45, 2.75) is 71.0 Å². The van der Waals surface area contributed by atoms with Crippen LogP contribution in [-0.4, -0.2) is 56.3 Å². The van der Waals surface area contributed by atoms with Gasteiger partial charge in [-0.25, -0.2) is 4.98 Å². The van der Waals surface area contributed by atoms with E-state index in [1.165, 1.54) is 0 Å². The minimum atomic E-state index is 0.0532. The Labute approximate surface area is 155 Å². The van der Waals surface area contributed by atoms with Crippen LogP contribution in [0.3, 0.4) is 0 Å². The summed E-state index contributed by atoms with van der Waals surface area (Å²) < 4.78 is 1.94. The van der Waals surface area contributed by atoms with E-state index in [9.17, 15) is 9.59 Å². The van der Waals surface area contributed by atoms with Crippen LogP contribution in [0, 0.1) is 11.8 Å². The van der Waals surface area contributed by atoms with Crippen LogP contribution in [0.2, 0.25) is 0 Å². The molecule has 6 nitrogen and oxygen atoms in total. The van der Waals surface area contributed by atoms with Gasteiger partial charge in [0.15, 0.2) is 0 Å². The van der Waals surface area contributed by atoms with E-state index in [0.717, 1.165) is 32.1 Å². The van der Waals surface area contributed by atoms with Crippen LogP contribution < -0.4 is 0 Å². The summed E-state index contributed by atoms with van der Waals surface area (Å²) in [6.07, 6.45) is 8.65. The zero-order valence-electron chi connectivity index (χ0n) is 16.1. The molecule has 4 rings (SSSR count). The van der Waals surface area contributed by atoms with E-state index >= 15 is 0 Å². The first-order valence-electron chi connectivity index (χ1n) is 10.1. The summed E-state index contributed by atoms with van der Waals surface area (Å²) in [6.45, 7) is 7.66. The summed E-state index contributed by atoms with van der Waals surface area (Å²) >= 11 is 0. The van der Waals surface area contributed by atoms with E-state index in [4.69, 9.17) is 0 Å². The highest BCUT2D eigenvalue weighted by molar-refractivity contribution is 5.93. The van der Waals surface area contributed by atoms with Crippen LogP contribution in [0.15, 0.2) is 12.5 Å². The molecule has 6 heteroatoms. The van der Waals surface area contributed by atoms with E-state index in [0.29, 0.717) is 30.6 Å². The number of imidazole rings is 1. The molecule has 142 valence electrons. The molecule has 1 aromatic rings. The minimum Gasteiger partial charge on any atom is -0.333 e. The lowest BCUT2D eigenvalue weighted by Crippen LogP contribution is -2.65. The van der Waals surface area contributed by atoms with Crippen LogP contribution in [0.1, 0.15) is 69.4 Å². The molecule has 0 radical (unpaired) electrons. The van der Waals surface area contributed by atoms with Crippen LogP contribution in [0.25, 0.3) is 0 Å². The number of hydrogen-bond acceptors (Lipinski definition) is 3. The fraction of sp³-hybridized carbons (Fsp3) is 0.750. The molecular formula is C20H30N4O2. The molecule has 0 N–H and O–H groups in total. The third-order valence-electron chi connectivity index (χ3n) is 6.43. The van der Waals surface area contributed by atoms with Gasteiger partial charge in [0.1, 0.15) is 5.69 Å². The Morgan fingerprint density at radius 3 is 2.38 bits per heavy atom. The van der Waals surface area contributed by atoms with Gasteiger partial charge < -0.3 is 14.4 Å². The molecule has 1 aliphatic carbocycles. The van der Waals surface area contributed by atoms with Crippen molar-refractivity contribution < 1.29 is 9.59 Å². The Morgan fingerprint density at radius 2 is 1.81 bits per heavy atom. The SMILES string of the molecule is CC1CC(C(=O)N2C3CCCC2CN(C(=O)c2cncn2C(C)C)C3)C1. The number of amides is 2. The van der Waals surface area contributed by atoms with E-state index in [2.05, 4.69) is 30.7 Å². The number of piperazine rings is 1. The fourth-order valence-electron chi connectivity index (χ4n) is 4.99. The van der Waals surface area contributed by atoms with Gasteiger partial charge in [-0.05, 0) is 51.9 Å². The molecule has 2 unspecified atom stereocenters. The van der Waals surface area contributed by atoms with Crippen molar-refractivity contribution in [1.29, 1.82) is 0 Å². The number of fused-ring (bicyclic) bond motifs is 2. The second-order valence-electron chi connectivity index (χ2n) is 8.75. The monoisotopic (exact) mass is 358 g/mol. The number of hydrogen-bond donors (Lipinski definition) is 0. The van der Waals surface area contributed by atoms with Gasteiger partial charge in [-0.2, -0.15) is 0 Å². The lowest BCUT2D eigenvalue weighted by Gasteiger charge is -2.52. The van der Waals surface area contributed by atoms with E-state index in [-0.39, 0.29) is 30.0 Å². The van der Waals surface area contributed by atoms with Crippen molar-refractivity contribution >= 4 is 11.8 Å². The van der Waals surface area contributed by atoms with E-state index in [1.807, 2.05) is 9.47 Å². The molecule has 2 bridgehead atoms. The van der Waals surface area contributed by atoms with Gasteiger partial charge in [0.05, 0.1) is 12.5 Å². The Bertz CT molecular complexity index is 678. The van der Waals surface area contributed by atoms with Crippen molar-refractivity contribution in [2.24, 2.45) is 11.8 Å². The molecule has 2 amide bonds. The molecule has 3 heterocycles. The lowest BCUT2D eigenvalue weighted by molar-refractivity contribution is -0.151. The molecule has 0 spiro atoms. The number of carbonyl (C=O) groups excluding carboxylic acids is 2. The molecule has 1 aromatic heterocycles. The summed E-state index contributed by atoms with van der Waals surface area (Å²) in [7, 11) is 0. The summed E-state index contributed by atoms with van der Waals surface area (Å²) in [5, 5.41) is 0. The quantitative estimate of drug-likeness (QED) is 0.835. The molecule has 0 aromatic carbocycles. The Hall–Kier alpha value is -1.85. The summed E-state index contributed by atoms with van der Waals surface area (Å²) in [5.41, 5.74) is 0.658. The molecule has 1 saturated carbocycles. The van der Waals surface area contributed by atoms with Gasteiger partial charge in [-0.1, -0.05) is 6.92 Å². The molecule has 3 aliphatic rings. The molecular weight excluding hydrogens is 328 g/mol. The fourth-order valence-corrected chi connectivity index (χ4v) is 4.99. The zero-order valence-corrected chi connectivity index (χ0v) is 16.1. The maximum Gasteiger partial charge on any atom is 0.272 e. The average Bonchev–Trinajstić information content (AvgIpc) is 3.06. The molecule has 3 fully saturated rings. The topological polar surface area (TPSA) is 58.4 Å². The molecule has 2 atom stereocenters. The molecule has 2 saturated heterocycles. The van der Waals surface area contributed by atoms with Crippen LogP contribution >= 0.6 is 0 Å². The first kappa shape index (κ1) is 17.6. The van der Waals surface area contributed by atoms with Crippen molar-refractivity contribution in [3.63, 3.8) is 0 Å². The van der Waals surface area contributed by atoms with Crippen molar-refractivity contribution in [1.82, 2.24) is 19.4 Å². The first-order valence-corrected chi connectivity index (χ1v) is 10.1. The highest BCUT2D eigenvalue weighted by Crippen LogP contribution is 2.38. The number of likely N-dealkylation sites (tertiary alicyclic amines) is 1. The third kappa shape index (κ3) is 2.93. The second-order valence-corrected chi connectivity index (χ2v) is 8.75. The van der Waals surface area contributed by atoms with Gasteiger partial charge in [0.25, 0.3) is 5.91 Å². The van der Waals surface area contributed by atoms with E-state index in [1.54, 1.807) is 12.5 Å². The maximum absolute atomic E-state index is 13.1. The summed E-state index contributed by atoms with van der Waals surface area (Å²) in [6, 6.07) is 0.579. The standard InChI is InChI=1S/C20H30N4O2/c1-13(2)23-12-21-9-18(23)20(26)22-10-16-5-4-6-17(11-22)24(16)19(25)15-7-14(3)8-15/h9,12-17H,4-8,10-11H2,1-3H3. The van der Waals surface area contributed by atoms with E-state index < -0.39 is 0 Å². The third-order valence-corrected chi connectivity index (χ3v) is 6.43. The van der Waals surface area contributed by atoms with Crippen LogP contribution in [-0.2, 0) is 4.79 Å². The predicted octanol–water partition coefficient (Wildman–Crippen LogP) is 2.72. The Balaban J connectivity index is 1.50. The highest BCUT2D eigenvalue weighted by atomic mass is 16.2. The number of nitrogens with zero attached hydrogens (tertiary/aromatic N) is 4. The van der Waals surface area contributed by atoms with Gasteiger partial charge in [-0.15, -0.1) is 0 Å². The minimum absolute atomic E-state index is 0.0532. The smallest absolute Gasteiger partial charge is 0.272 e. The van der Waals surface area contributed by atoms with Gasteiger partial charge in [0, 0.05) is 37.1 Å². The molecule has 2 aliphatic heterocycles. The van der Waals surface area contributed by atoms with Crippen LogP contribution in [0.4, 0.5) is 0 Å². The zero-order chi connectivity index (χ0) is 18.4. The van der Waals surface area contributed by atoms with Gasteiger partial charge in [0.2, 0.25) is 5.91 Å². The number of piperidine rings is 1. The summed E-state index contributed by atoms with van der Waals surface area (Å²) in [5.74, 6) is 1.30. The second kappa shape index (κ2) is 6.71. The van der Waals surface area contributed by atoms with Crippen molar-refractivity contribution in [3.8, 4) is 0 Å². The van der Waals surface area contributed by atoms with Gasteiger partial charge in [-0.3, -0.25) is 9.59 Å². The van der Waals surface area contributed by atoms with Crippen LogP contribution in [0.5, 0.6) is 0 Å². The Kier molecular flexibility index (Phi) is 4.53. The lowest BCUT2D eigenvalue weighted by atomic mass is 9.74. The molecule has 26 heavy (non-hydrogen) atoms. The number of carbonyl (C=O) groups is 2. The highest BCUT2D eigenvalue weighted by Gasteiger charge is 2.45.